The summed E-state index contributed by atoms with van der Waals surface area (Å²) in [6, 6.07) is 0. The molecule has 0 aromatic heterocycles. The van der Waals surface area contributed by atoms with Crippen molar-refractivity contribution in [3.05, 3.63) is 0 Å². The van der Waals surface area contributed by atoms with Gasteiger partial charge in [-0.25, -0.2) is 0 Å². The molecule has 0 amide bonds. The number of rotatable bonds is 4. The number of esters is 2. The Morgan fingerprint density at radius 1 is 0.710 bits per heavy atom. The third kappa shape index (κ3) is 5.74. The maximum absolute atomic E-state index is 12.2. The van der Waals surface area contributed by atoms with E-state index in [2.05, 4.69) is 74.6 Å². The van der Waals surface area contributed by atoms with Crippen LogP contribution in [-0.2, 0) is 28.5 Å². The normalized spacial score (nSPS) is 61.5. The van der Waals surface area contributed by atoms with E-state index < -0.39 is 16.8 Å². The first-order valence-corrected chi connectivity index (χ1v) is 34.4. The molecule has 6 unspecified atom stereocenters. The van der Waals surface area contributed by atoms with Crippen molar-refractivity contribution in [2.75, 3.05) is 6.61 Å². The summed E-state index contributed by atoms with van der Waals surface area (Å²) in [6.45, 7) is 14.2. The summed E-state index contributed by atoms with van der Waals surface area (Å²) in [6.07, 6.45) is 17.2. The summed E-state index contributed by atoms with van der Waals surface area (Å²) in [5, 5.41) is 46.4. The van der Waals surface area contributed by atoms with Crippen LogP contribution >= 0.6 is 40.0 Å². The third-order valence-corrected chi connectivity index (χ3v) is 23.8. The van der Waals surface area contributed by atoms with Crippen molar-refractivity contribution < 1.29 is 49.0 Å². The van der Waals surface area contributed by atoms with Crippen molar-refractivity contribution in [3.63, 3.8) is 0 Å². The molecule has 13 rings (SSSR count). The topological polar surface area (TPSA) is 134 Å². The van der Waals surface area contributed by atoms with Gasteiger partial charge in [-0.3, -0.25) is 9.59 Å². The first-order valence-electron chi connectivity index (χ1n) is 25.4. The Bertz CT molecular complexity index is 1870. The first kappa shape index (κ1) is 45.3. The van der Waals surface area contributed by atoms with Gasteiger partial charge < -0.3 is 29.9 Å². The monoisotopic (exact) mass is 1120 g/mol. The molecule has 0 radical (unpaired) electrons. The molecule has 62 heavy (non-hydrogen) atoms. The van der Waals surface area contributed by atoms with Crippen LogP contribution in [-0.4, -0.2) is 67.5 Å². The molecule has 8 nitrogen and oxygen atoms in total. The Morgan fingerprint density at radius 2 is 1.23 bits per heavy atom. The van der Waals surface area contributed by atoms with E-state index >= 15 is 0 Å². The van der Waals surface area contributed by atoms with Crippen LogP contribution in [0.1, 0.15) is 157 Å². The van der Waals surface area contributed by atoms with Gasteiger partial charge in [0.25, 0.3) is 0 Å². The number of hydrogen-bond donors (Lipinski definition) is 4. The van der Waals surface area contributed by atoms with E-state index in [-0.39, 0.29) is 45.3 Å². The Balaban J connectivity index is 0.000000132. The molecular formula is C51H76I2O8V. The van der Waals surface area contributed by atoms with Gasteiger partial charge in [-0.2, -0.15) is 0 Å². The van der Waals surface area contributed by atoms with E-state index in [1.807, 2.05) is 6.92 Å². The summed E-state index contributed by atoms with van der Waals surface area (Å²) < 4.78 is 11.4. The summed E-state index contributed by atoms with van der Waals surface area (Å²) in [4.78, 5) is 24.3. The molecule has 1 aliphatic heterocycles. The van der Waals surface area contributed by atoms with Gasteiger partial charge in [0.1, 0.15) is 5.60 Å². The van der Waals surface area contributed by atoms with Crippen molar-refractivity contribution >= 4 is 51.9 Å². The Kier molecular flexibility index (Phi) is 10.7. The number of fused-ring (bicyclic) bond motifs is 22. The van der Waals surface area contributed by atoms with Crippen LogP contribution in [0.2, 0.25) is 0 Å². The van der Waals surface area contributed by atoms with Gasteiger partial charge in [-0.05, 0) is 202 Å². The molecule has 1 spiro atoms. The molecule has 12 aliphatic carbocycles. The van der Waals surface area contributed by atoms with Gasteiger partial charge in [0.2, 0.25) is 0 Å². The molecular weight excluding hydrogens is 1050 g/mol. The van der Waals surface area contributed by atoms with Crippen molar-refractivity contribution in [2.24, 2.45) is 110 Å². The number of aliphatic hydroxyl groups is 4. The third-order valence-electron chi connectivity index (χ3n) is 23.8. The Hall–Kier alpha value is 0.824. The fourth-order valence-corrected chi connectivity index (χ4v) is 21.1. The van der Waals surface area contributed by atoms with Crippen LogP contribution in [0, 0.1) is 110 Å². The SMILES string of the molecule is CCOC(=O)CC[C@]1(O)[C@H]2C[C@H]2C2C3C(CC[C@@]21C)[C@@]1(C)CC[C@H](C)C[C@@]1(O)[C@@H]1C[C@H]31.C[C@]12CCC3C(C1[C@@H]1C[C@@H]1[C@@]21CCC(=O)O1)[C@H]1C[C@H]1[C@]1(O)C[C@@H](O)CC[C@]31C.[I][V][I]. The predicted molar refractivity (Wildman–Crippen MR) is 248 cm³/mol. The minimum absolute atomic E-state index is 0.0326. The van der Waals surface area contributed by atoms with E-state index in [4.69, 9.17) is 9.47 Å². The number of ether oxygens (including phenoxy) is 2. The molecule has 0 aromatic carbocycles. The molecule has 13 aliphatic rings. The first-order chi connectivity index (χ1) is 29.3. The molecule has 347 valence electrons. The maximum atomic E-state index is 12.2. The van der Waals surface area contributed by atoms with E-state index in [1.54, 1.807) is 0 Å². The van der Waals surface area contributed by atoms with E-state index in [0.29, 0.717) is 125 Å². The van der Waals surface area contributed by atoms with Gasteiger partial charge in [-0.15, -0.1) is 0 Å². The van der Waals surface area contributed by atoms with Crippen molar-refractivity contribution in [1.82, 2.24) is 0 Å². The molecule has 0 bridgehead atoms. The van der Waals surface area contributed by atoms with Gasteiger partial charge in [0.15, 0.2) is 0 Å². The average molecular weight is 1120 g/mol. The molecule has 11 heteroatoms. The van der Waals surface area contributed by atoms with Gasteiger partial charge in [0.05, 0.1) is 29.5 Å². The van der Waals surface area contributed by atoms with Crippen LogP contribution in [0.3, 0.4) is 0 Å². The number of carbonyl (C=O) groups is 2. The Morgan fingerprint density at radius 3 is 1.82 bits per heavy atom. The second-order valence-corrected chi connectivity index (χ2v) is 37.2. The summed E-state index contributed by atoms with van der Waals surface area (Å²) in [5.74, 6) is 8.77. The molecule has 4 N–H and O–H groups in total. The van der Waals surface area contributed by atoms with E-state index in [1.165, 1.54) is 25.7 Å². The fraction of sp³-hybridized carbons (Fsp3) is 0.961. The molecule has 24 atom stereocenters. The number of halogens is 2. The summed E-state index contributed by atoms with van der Waals surface area (Å²) in [5.41, 5.74) is -1.99. The van der Waals surface area contributed by atoms with Crippen molar-refractivity contribution in [2.45, 2.75) is 186 Å². The zero-order valence-corrected chi connectivity index (χ0v) is 44.0. The van der Waals surface area contributed by atoms with Crippen LogP contribution in [0.25, 0.3) is 0 Å². The van der Waals surface area contributed by atoms with Crippen LogP contribution in [0.15, 0.2) is 0 Å². The second-order valence-electron chi connectivity index (χ2n) is 25.4. The number of aliphatic hydroxyl groups excluding tert-OH is 1. The van der Waals surface area contributed by atoms with E-state index in [0.717, 1.165) is 70.1 Å². The second kappa shape index (κ2) is 14.7. The van der Waals surface area contributed by atoms with Crippen LogP contribution in [0.5, 0.6) is 0 Å². The van der Waals surface area contributed by atoms with Crippen LogP contribution < -0.4 is 0 Å². The van der Waals surface area contributed by atoms with Gasteiger partial charge in [-0.1, -0.05) is 34.6 Å². The zero-order valence-electron chi connectivity index (χ0n) is 38.3. The van der Waals surface area contributed by atoms with Crippen molar-refractivity contribution in [1.29, 1.82) is 0 Å². The Labute approximate surface area is 400 Å². The van der Waals surface area contributed by atoms with Gasteiger partial charge in [0, 0.05) is 30.6 Å². The predicted octanol–water partition coefficient (Wildman–Crippen LogP) is 9.63. The molecule has 0 aromatic rings. The van der Waals surface area contributed by atoms with Crippen LogP contribution in [0.4, 0.5) is 0 Å². The van der Waals surface area contributed by atoms with Crippen molar-refractivity contribution in [3.8, 4) is 0 Å². The van der Waals surface area contributed by atoms with Gasteiger partial charge >= 0.3 is 61.4 Å². The number of carbonyl (C=O) groups excluding carboxylic acids is 2. The number of hydrogen-bond acceptors (Lipinski definition) is 8. The standard InChI is InChI=1S/C27H42O4.C24H34O4.2HI.V/c1-5-31-21(28)8-11-26(29)20-13-17(20)23-22-16-12-19(16)27(30)14-15(2)6-9-24(27,3)18(22)7-10-25(23,26)4;1-21-6-3-12(25)11-23(21,27)16-9-13(16)19-15(21)4-7-22(2)20(19)14-10-17(14)24(22)8-5-18(26)28-24;;;/h15-20,22-23,29-30H,5-14H2,1-4H3;12-17,19-20,25,27H,3-11H2,1-2H3;2*1H;/q;;;;+2/p-2/t15-,16-,17+,18?,19+,20-,22?,23?,24+,25-,26-,27+;12-,13-,14+,15?,16+,17-,19?,20?,21+,22-,23+,24-;;;/m00.../s1. The van der Waals surface area contributed by atoms with E-state index in [9.17, 15) is 30.0 Å². The average Bonchev–Trinajstić information content (AvgIpc) is 4.04. The molecule has 12 saturated carbocycles. The fourth-order valence-electron chi connectivity index (χ4n) is 21.1. The molecule has 13 fully saturated rings. The summed E-state index contributed by atoms with van der Waals surface area (Å²) >= 11 is 4.74. The quantitative estimate of drug-likeness (QED) is 0.162. The minimum atomic E-state index is -0.722. The molecule has 1 heterocycles. The molecule has 1 saturated heterocycles. The summed E-state index contributed by atoms with van der Waals surface area (Å²) in [7, 11) is 0.628. The zero-order chi connectivity index (χ0) is 43.9.